The number of phenols is 2. The number of alkyl halides is 3. The van der Waals surface area contributed by atoms with E-state index in [1.165, 1.54) is 6.92 Å². The Morgan fingerprint density at radius 2 is 1.94 bits per heavy atom. The van der Waals surface area contributed by atoms with Gasteiger partial charge in [0.15, 0.2) is 11.5 Å². The molecule has 0 amide bonds. The number of esters is 1. The Labute approximate surface area is 101 Å². The Kier molecular flexibility index (Phi) is 4.05. The van der Waals surface area contributed by atoms with E-state index < -0.39 is 41.2 Å². The molecule has 0 saturated carbocycles. The van der Waals surface area contributed by atoms with Crippen molar-refractivity contribution in [1.29, 1.82) is 0 Å². The number of rotatable bonds is 3. The molecule has 0 saturated heterocycles. The van der Waals surface area contributed by atoms with Gasteiger partial charge in [0.25, 0.3) is 0 Å². The van der Waals surface area contributed by atoms with E-state index in [2.05, 4.69) is 4.74 Å². The molecule has 0 atom stereocenters. The first kappa shape index (κ1) is 14.1. The van der Waals surface area contributed by atoms with E-state index in [1.807, 2.05) is 0 Å². The van der Waals surface area contributed by atoms with Crippen molar-refractivity contribution in [2.45, 2.75) is 19.5 Å². The number of halogens is 3. The lowest BCUT2D eigenvalue weighted by molar-refractivity contribution is -0.143. The predicted molar refractivity (Wildman–Crippen MR) is 55.1 cm³/mol. The normalized spacial score (nSPS) is 11.3. The molecule has 0 unspecified atom stereocenters. The fourth-order valence-corrected chi connectivity index (χ4v) is 1.42. The van der Waals surface area contributed by atoms with Crippen molar-refractivity contribution in [2.75, 3.05) is 6.61 Å². The van der Waals surface area contributed by atoms with Gasteiger partial charge in [-0.3, -0.25) is 4.79 Å². The van der Waals surface area contributed by atoms with Gasteiger partial charge in [0.05, 0.1) is 18.6 Å². The molecule has 0 radical (unpaired) electrons. The Morgan fingerprint density at radius 3 is 2.44 bits per heavy atom. The summed E-state index contributed by atoms with van der Waals surface area (Å²) in [6.45, 7) is 1.52. The zero-order chi connectivity index (χ0) is 13.9. The van der Waals surface area contributed by atoms with Gasteiger partial charge in [0.2, 0.25) is 0 Å². The molecule has 0 heterocycles. The predicted octanol–water partition coefficient (Wildman–Crippen LogP) is 2.22. The van der Waals surface area contributed by atoms with Crippen LogP contribution in [-0.4, -0.2) is 22.8 Å². The topological polar surface area (TPSA) is 66.8 Å². The second-order valence-electron chi connectivity index (χ2n) is 3.44. The first-order valence-electron chi connectivity index (χ1n) is 5.04. The quantitative estimate of drug-likeness (QED) is 0.649. The van der Waals surface area contributed by atoms with Gasteiger partial charge in [0.1, 0.15) is 0 Å². The van der Waals surface area contributed by atoms with Crippen LogP contribution in [0.15, 0.2) is 12.1 Å². The van der Waals surface area contributed by atoms with Crippen molar-refractivity contribution in [3.8, 4) is 11.5 Å². The molecule has 2 N–H and O–H groups in total. The molecule has 0 fully saturated rings. The van der Waals surface area contributed by atoms with Crippen molar-refractivity contribution in [3.63, 3.8) is 0 Å². The molecular weight excluding hydrogens is 253 g/mol. The highest BCUT2D eigenvalue weighted by atomic mass is 19.4. The van der Waals surface area contributed by atoms with E-state index in [0.717, 1.165) is 0 Å². The minimum absolute atomic E-state index is 0.0137. The fourth-order valence-electron chi connectivity index (χ4n) is 1.42. The number of benzene rings is 1. The van der Waals surface area contributed by atoms with Gasteiger partial charge < -0.3 is 14.9 Å². The summed E-state index contributed by atoms with van der Waals surface area (Å²) in [5.74, 6) is -2.59. The van der Waals surface area contributed by atoms with Crippen molar-refractivity contribution in [3.05, 3.63) is 23.3 Å². The van der Waals surface area contributed by atoms with Crippen LogP contribution in [0.2, 0.25) is 0 Å². The third-order valence-corrected chi connectivity index (χ3v) is 2.19. The molecule has 1 aromatic rings. The van der Waals surface area contributed by atoms with Gasteiger partial charge >= 0.3 is 12.1 Å². The van der Waals surface area contributed by atoms with E-state index in [0.29, 0.717) is 12.1 Å². The van der Waals surface area contributed by atoms with Crippen LogP contribution >= 0.6 is 0 Å². The lowest BCUT2D eigenvalue weighted by Crippen LogP contribution is -2.14. The molecule has 100 valence electrons. The average Bonchev–Trinajstić information content (AvgIpc) is 2.23. The first-order valence-corrected chi connectivity index (χ1v) is 5.04. The molecular formula is C11H11F3O4. The van der Waals surface area contributed by atoms with Crippen LogP contribution in [0.4, 0.5) is 13.2 Å². The molecule has 0 spiro atoms. The van der Waals surface area contributed by atoms with Gasteiger partial charge in [-0.2, -0.15) is 13.2 Å². The molecule has 4 nitrogen and oxygen atoms in total. The van der Waals surface area contributed by atoms with E-state index in [9.17, 15) is 23.1 Å². The van der Waals surface area contributed by atoms with Crippen molar-refractivity contribution >= 4 is 5.97 Å². The summed E-state index contributed by atoms with van der Waals surface area (Å²) in [5.41, 5.74) is -1.87. The van der Waals surface area contributed by atoms with Crippen LogP contribution in [0.25, 0.3) is 0 Å². The molecule has 7 heteroatoms. The summed E-state index contributed by atoms with van der Waals surface area (Å²) in [7, 11) is 0. The van der Waals surface area contributed by atoms with Crippen LogP contribution in [0.5, 0.6) is 11.5 Å². The number of phenolic OH excluding ortho intramolecular Hbond substituents is 2. The molecule has 0 aliphatic carbocycles. The van der Waals surface area contributed by atoms with Gasteiger partial charge in [-0.05, 0) is 19.1 Å². The highest BCUT2D eigenvalue weighted by Crippen LogP contribution is 2.40. The van der Waals surface area contributed by atoms with Crippen LogP contribution < -0.4 is 0 Å². The summed E-state index contributed by atoms with van der Waals surface area (Å²) in [6, 6.07) is 1.32. The van der Waals surface area contributed by atoms with Gasteiger partial charge in [-0.1, -0.05) is 0 Å². The maximum absolute atomic E-state index is 12.7. The van der Waals surface area contributed by atoms with Gasteiger partial charge in [0, 0.05) is 5.56 Å². The average molecular weight is 264 g/mol. The van der Waals surface area contributed by atoms with Crippen molar-refractivity contribution in [2.24, 2.45) is 0 Å². The third kappa shape index (κ3) is 3.06. The second-order valence-corrected chi connectivity index (χ2v) is 3.44. The molecule has 18 heavy (non-hydrogen) atoms. The number of carbonyl (C=O) groups is 1. The Hall–Kier alpha value is -1.92. The van der Waals surface area contributed by atoms with Crippen LogP contribution in [0.1, 0.15) is 18.1 Å². The number of hydrogen-bond donors (Lipinski definition) is 2. The Balaban J connectivity index is 3.21. The van der Waals surface area contributed by atoms with Gasteiger partial charge in [-0.15, -0.1) is 0 Å². The molecule has 1 rings (SSSR count). The standard InChI is InChI=1S/C11H11F3O4/c1-2-18-9(16)5-6-7(11(12,13)14)3-4-8(15)10(6)17/h3-4,15,17H,2,5H2,1H3. The monoisotopic (exact) mass is 264 g/mol. The Morgan fingerprint density at radius 1 is 1.33 bits per heavy atom. The number of ether oxygens (including phenoxy) is 1. The largest absolute Gasteiger partial charge is 0.504 e. The minimum Gasteiger partial charge on any atom is -0.504 e. The van der Waals surface area contributed by atoms with E-state index in [1.54, 1.807) is 0 Å². The smallest absolute Gasteiger partial charge is 0.416 e. The minimum atomic E-state index is -4.73. The lowest BCUT2D eigenvalue weighted by atomic mass is 10.0. The van der Waals surface area contributed by atoms with Gasteiger partial charge in [-0.25, -0.2) is 0 Å². The van der Waals surface area contributed by atoms with Crippen molar-refractivity contribution < 1.29 is 32.9 Å². The summed E-state index contributed by atoms with van der Waals surface area (Å²) in [6.07, 6.45) is -5.49. The molecule has 1 aromatic carbocycles. The fraction of sp³-hybridized carbons (Fsp3) is 0.364. The third-order valence-electron chi connectivity index (χ3n) is 2.19. The summed E-state index contributed by atoms with van der Waals surface area (Å²) in [4.78, 5) is 11.2. The van der Waals surface area contributed by atoms with E-state index in [-0.39, 0.29) is 6.61 Å². The van der Waals surface area contributed by atoms with Crippen molar-refractivity contribution in [1.82, 2.24) is 0 Å². The lowest BCUT2D eigenvalue weighted by Gasteiger charge is -2.14. The first-order chi connectivity index (χ1) is 8.27. The zero-order valence-corrected chi connectivity index (χ0v) is 9.41. The maximum atomic E-state index is 12.7. The summed E-state index contributed by atoms with van der Waals surface area (Å²) in [5, 5.41) is 18.6. The zero-order valence-electron chi connectivity index (χ0n) is 9.41. The summed E-state index contributed by atoms with van der Waals surface area (Å²) >= 11 is 0. The number of aromatic hydroxyl groups is 2. The molecule has 0 aromatic heterocycles. The maximum Gasteiger partial charge on any atom is 0.416 e. The summed E-state index contributed by atoms with van der Waals surface area (Å²) < 4.78 is 42.5. The highest BCUT2D eigenvalue weighted by Gasteiger charge is 2.35. The van der Waals surface area contributed by atoms with Crippen LogP contribution in [-0.2, 0) is 22.1 Å². The highest BCUT2D eigenvalue weighted by molar-refractivity contribution is 5.75. The number of carbonyl (C=O) groups excluding carboxylic acids is 1. The number of hydrogen-bond acceptors (Lipinski definition) is 4. The van der Waals surface area contributed by atoms with Crippen LogP contribution in [0.3, 0.4) is 0 Å². The Bertz CT molecular complexity index is 454. The van der Waals surface area contributed by atoms with Crippen LogP contribution in [0, 0.1) is 0 Å². The second kappa shape index (κ2) is 5.16. The molecule has 0 aliphatic heterocycles. The SMILES string of the molecule is CCOC(=O)Cc1c(C(F)(F)F)ccc(O)c1O. The van der Waals surface area contributed by atoms with E-state index >= 15 is 0 Å². The molecule has 0 aliphatic rings. The van der Waals surface area contributed by atoms with E-state index in [4.69, 9.17) is 5.11 Å². The molecule has 0 bridgehead atoms.